The highest BCUT2D eigenvalue weighted by molar-refractivity contribution is 6.00. The third kappa shape index (κ3) is 4.38. The number of pyridine rings is 1. The molecule has 3 aromatic rings. The standard InChI is InChI=1S/C24H23N5O2/c1-31-22-7-6-18(15-27-22)14-24(16-25)9-12-29(13-10-24)23(30)20-5-3-2-4-19(20)21-8-11-26-17-28-21/h2-8,11,15,17H,9-10,12-14H2,1H3. The number of methoxy groups -OCH3 is 1. The van der Waals surface area contributed by atoms with Gasteiger partial charge in [0.2, 0.25) is 5.88 Å². The third-order valence-corrected chi connectivity index (χ3v) is 5.81. The predicted molar refractivity (Wildman–Crippen MR) is 115 cm³/mol. The summed E-state index contributed by atoms with van der Waals surface area (Å²) in [6.45, 7) is 1.07. The Kier molecular flexibility index (Phi) is 5.89. The number of likely N-dealkylation sites (tertiary alicyclic amines) is 1. The summed E-state index contributed by atoms with van der Waals surface area (Å²) in [5, 5.41) is 9.93. The van der Waals surface area contributed by atoms with Crippen LogP contribution in [0.3, 0.4) is 0 Å². The smallest absolute Gasteiger partial charge is 0.254 e. The van der Waals surface area contributed by atoms with Gasteiger partial charge in [-0.05, 0) is 37.0 Å². The maximum atomic E-state index is 13.3. The summed E-state index contributed by atoms with van der Waals surface area (Å²) in [4.78, 5) is 27.6. The van der Waals surface area contributed by atoms with Crippen molar-refractivity contribution in [1.29, 1.82) is 5.26 Å². The normalized spacial score (nSPS) is 15.2. The van der Waals surface area contributed by atoms with E-state index in [9.17, 15) is 10.1 Å². The molecule has 0 atom stereocenters. The van der Waals surface area contributed by atoms with Crippen molar-refractivity contribution in [3.63, 3.8) is 0 Å². The molecule has 1 fully saturated rings. The van der Waals surface area contributed by atoms with Crippen LogP contribution in [0.5, 0.6) is 5.88 Å². The maximum absolute atomic E-state index is 13.3. The van der Waals surface area contributed by atoms with Crippen LogP contribution >= 0.6 is 0 Å². The Morgan fingerprint density at radius 3 is 2.61 bits per heavy atom. The topological polar surface area (TPSA) is 92.0 Å². The van der Waals surface area contributed by atoms with Gasteiger partial charge < -0.3 is 9.64 Å². The predicted octanol–water partition coefficient (Wildman–Crippen LogP) is 3.54. The molecular formula is C24H23N5O2. The Hall–Kier alpha value is -3.79. The van der Waals surface area contributed by atoms with Crippen LogP contribution in [-0.2, 0) is 6.42 Å². The van der Waals surface area contributed by atoms with Gasteiger partial charge in [0, 0.05) is 42.7 Å². The van der Waals surface area contributed by atoms with Crippen molar-refractivity contribution in [1.82, 2.24) is 19.9 Å². The van der Waals surface area contributed by atoms with E-state index in [0.29, 0.717) is 49.5 Å². The fourth-order valence-corrected chi connectivity index (χ4v) is 4.01. The van der Waals surface area contributed by atoms with Gasteiger partial charge in [-0.15, -0.1) is 0 Å². The minimum atomic E-state index is -0.501. The molecule has 1 amide bonds. The van der Waals surface area contributed by atoms with Crippen LogP contribution in [0, 0.1) is 16.7 Å². The van der Waals surface area contributed by atoms with E-state index in [1.54, 1.807) is 25.6 Å². The molecule has 156 valence electrons. The van der Waals surface area contributed by atoms with Gasteiger partial charge >= 0.3 is 0 Å². The number of hydrogen-bond donors (Lipinski definition) is 0. The SMILES string of the molecule is COc1ccc(CC2(C#N)CCN(C(=O)c3ccccc3-c3ccncn3)CC2)cn1. The van der Waals surface area contributed by atoms with E-state index in [1.807, 2.05) is 41.3 Å². The van der Waals surface area contributed by atoms with Crippen molar-refractivity contribution in [2.45, 2.75) is 19.3 Å². The molecule has 1 aliphatic heterocycles. The van der Waals surface area contributed by atoms with Gasteiger partial charge in [-0.1, -0.05) is 24.3 Å². The molecule has 1 aromatic carbocycles. The lowest BCUT2D eigenvalue weighted by molar-refractivity contribution is 0.0648. The van der Waals surface area contributed by atoms with Crippen LogP contribution in [-0.4, -0.2) is 46.0 Å². The van der Waals surface area contributed by atoms with E-state index in [0.717, 1.165) is 11.1 Å². The van der Waals surface area contributed by atoms with Gasteiger partial charge in [-0.3, -0.25) is 4.79 Å². The van der Waals surface area contributed by atoms with Gasteiger partial charge in [0.15, 0.2) is 0 Å². The number of aromatic nitrogens is 3. The fraction of sp³-hybridized carbons (Fsp3) is 0.292. The van der Waals surface area contributed by atoms with E-state index in [4.69, 9.17) is 4.74 Å². The van der Waals surface area contributed by atoms with Crippen LogP contribution < -0.4 is 4.74 Å². The first-order valence-corrected chi connectivity index (χ1v) is 10.2. The van der Waals surface area contributed by atoms with Crippen LogP contribution in [0.2, 0.25) is 0 Å². The number of nitriles is 1. The third-order valence-electron chi connectivity index (χ3n) is 5.81. The molecule has 3 heterocycles. The molecule has 0 aliphatic carbocycles. The average molecular weight is 413 g/mol. The van der Waals surface area contributed by atoms with Crippen LogP contribution in [0.4, 0.5) is 0 Å². The number of ether oxygens (including phenoxy) is 1. The largest absolute Gasteiger partial charge is 0.481 e. The van der Waals surface area contributed by atoms with Crippen LogP contribution in [0.25, 0.3) is 11.3 Å². The summed E-state index contributed by atoms with van der Waals surface area (Å²) in [7, 11) is 1.58. The molecule has 0 radical (unpaired) electrons. The number of amides is 1. The lowest BCUT2D eigenvalue weighted by Gasteiger charge is -2.37. The van der Waals surface area contributed by atoms with E-state index in [1.165, 1.54) is 6.33 Å². The molecule has 0 bridgehead atoms. The Morgan fingerprint density at radius 1 is 1.16 bits per heavy atom. The summed E-state index contributed by atoms with van der Waals surface area (Å²) < 4.78 is 5.11. The van der Waals surface area contributed by atoms with E-state index in [2.05, 4.69) is 21.0 Å². The van der Waals surface area contributed by atoms with Crippen molar-refractivity contribution in [3.8, 4) is 23.2 Å². The van der Waals surface area contributed by atoms with Crippen molar-refractivity contribution < 1.29 is 9.53 Å². The molecule has 0 spiro atoms. The number of carbonyl (C=O) groups excluding carboxylic acids is 1. The van der Waals surface area contributed by atoms with Gasteiger partial charge in [0.25, 0.3) is 5.91 Å². The van der Waals surface area contributed by atoms with Crippen LogP contribution in [0.1, 0.15) is 28.8 Å². The zero-order chi connectivity index (χ0) is 21.7. The maximum Gasteiger partial charge on any atom is 0.254 e. The van der Waals surface area contributed by atoms with E-state index < -0.39 is 5.41 Å². The summed E-state index contributed by atoms with van der Waals surface area (Å²) in [6, 6.07) is 15.6. The average Bonchev–Trinajstić information content (AvgIpc) is 2.85. The molecule has 0 N–H and O–H groups in total. The molecule has 31 heavy (non-hydrogen) atoms. The van der Waals surface area contributed by atoms with Crippen molar-refractivity contribution in [2.24, 2.45) is 5.41 Å². The Morgan fingerprint density at radius 2 is 1.97 bits per heavy atom. The highest BCUT2D eigenvalue weighted by Crippen LogP contribution is 2.35. The summed E-state index contributed by atoms with van der Waals surface area (Å²) in [6.07, 6.45) is 6.76. The number of benzene rings is 1. The van der Waals surface area contributed by atoms with Gasteiger partial charge in [-0.2, -0.15) is 5.26 Å². The highest BCUT2D eigenvalue weighted by atomic mass is 16.5. The molecule has 0 saturated carbocycles. The molecule has 7 heteroatoms. The minimum Gasteiger partial charge on any atom is -0.481 e. The van der Waals surface area contributed by atoms with E-state index >= 15 is 0 Å². The summed E-state index contributed by atoms with van der Waals surface area (Å²) in [5.74, 6) is 0.518. The van der Waals surface area contributed by atoms with Crippen LogP contribution in [0.15, 0.2) is 61.2 Å². The van der Waals surface area contributed by atoms with Gasteiger partial charge in [-0.25, -0.2) is 15.0 Å². The number of piperidine rings is 1. The Bertz CT molecular complexity index is 1080. The van der Waals surface area contributed by atoms with Crippen molar-refractivity contribution in [2.75, 3.05) is 20.2 Å². The number of carbonyl (C=O) groups is 1. The minimum absolute atomic E-state index is 0.0353. The quantitative estimate of drug-likeness (QED) is 0.635. The summed E-state index contributed by atoms with van der Waals surface area (Å²) >= 11 is 0. The molecule has 1 saturated heterocycles. The number of hydrogen-bond acceptors (Lipinski definition) is 6. The molecular weight excluding hydrogens is 390 g/mol. The molecule has 1 aliphatic rings. The monoisotopic (exact) mass is 413 g/mol. The first-order valence-electron chi connectivity index (χ1n) is 10.2. The van der Waals surface area contributed by atoms with Crippen molar-refractivity contribution in [3.05, 3.63) is 72.3 Å². The summed E-state index contributed by atoms with van der Waals surface area (Å²) in [5.41, 5.74) is 2.62. The molecule has 2 aromatic heterocycles. The number of rotatable bonds is 5. The second kappa shape index (κ2) is 8.92. The second-order valence-corrected chi connectivity index (χ2v) is 7.71. The molecule has 7 nitrogen and oxygen atoms in total. The van der Waals surface area contributed by atoms with Crippen molar-refractivity contribution >= 4 is 5.91 Å². The lowest BCUT2D eigenvalue weighted by Crippen LogP contribution is -2.43. The van der Waals surface area contributed by atoms with E-state index in [-0.39, 0.29) is 5.91 Å². The van der Waals surface area contributed by atoms with Gasteiger partial charge in [0.05, 0.1) is 24.3 Å². The number of nitrogens with zero attached hydrogens (tertiary/aromatic N) is 5. The molecule has 0 unspecified atom stereocenters. The zero-order valence-corrected chi connectivity index (χ0v) is 17.4. The lowest BCUT2D eigenvalue weighted by atomic mass is 9.75. The Balaban J connectivity index is 1.48. The molecule has 4 rings (SSSR count). The first kappa shape index (κ1) is 20.5. The fourth-order valence-electron chi connectivity index (χ4n) is 4.01. The second-order valence-electron chi connectivity index (χ2n) is 7.71. The first-order chi connectivity index (χ1) is 15.1. The zero-order valence-electron chi connectivity index (χ0n) is 17.4. The highest BCUT2D eigenvalue weighted by Gasteiger charge is 2.37. The Labute approximate surface area is 181 Å². The van der Waals surface area contributed by atoms with Gasteiger partial charge in [0.1, 0.15) is 6.33 Å².